The summed E-state index contributed by atoms with van der Waals surface area (Å²) in [5.74, 6) is -0.287. The lowest BCUT2D eigenvalue weighted by atomic mass is 10.1. The third-order valence-electron chi connectivity index (χ3n) is 3.51. The van der Waals surface area contributed by atoms with Crippen molar-refractivity contribution in [2.75, 3.05) is 6.54 Å². The number of aromatic nitrogens is 1. The van der Waals surface area contributed by atoms with Crippen LogP contribution in [-0.4, -0.2) is 39.4 Å². The van der Waals surface area contributed by atoms with E-state index in [1.807, 2.05) is 0 Å². The van der Waals surface area contributed by atoms with Crippen LogP contribution in [0.15, 0.2) is 28.3 Å². The highest BCUT2D eigenvalue weighted by atomic mass is 16.4. The van der Waals surface area contributed by atoms with Crippen molar-refractivity contribution >= 4 is 11.7 Å². The number of oxime groups is 1. The third-order valence-corrected chi connectivity index (χ3v) is 3.51. The zero-order valence-electron chi connectivity index (χ0n) is 11.1. The summed E-state index contributed by atoms with van der Waals surface area (Å²) >= 11 is 0. The van der Waals surface area contributed by atoms with Crippen LogP contribution < -0.4 is 11.3 Å². The van der Waals surface area contributed by atoms with E-state index in [1.165, 1.54) is 12.3 Å². The number of hydrogen-bond acceptors (Lipinski definition) is 4. The van der Waals surface area contributed by atoms with Crippen molar-refractivity contribution in [1.29, 1.82) is 0 Å². The number of aromatic amines is 1. The molecule has 0 unspecified atom stereocenters. The molecule has 1 aliphatic carbocycles. The van der Waals surface area contributed by atoms with Gasteiger partial charge in [-0.3, -0.25) is 9.59 Å². The molecule has 1 aliphatic rings. The zero-order valence-corrected chi connectivity index (χ0v) is 11.1. The first kappa shape index (κ1) is 14.1. The van der Waals surface area contributed by atoms with Crippen molar-refractivity contribution in [2.45, 2.75) is 31.7 Å². The van der Waals surface area contributed by atoms with Crippen molar-refractivity contribution < 1.29 is 10.0 Å². The molecule has 7 nitrogen and oxygen atoms in total. The van der Waals surface area contributed by atoms with Gasteiger partial charge in [0.25, 0.3) is 5.91 Å². The fourth-order valence-corrected chi connectivity index (χ4v) is 2.53. The Morgan fingerprint density at radius 1 is 1.50 bits per heavy atom. The molecular weight excluding hydrogens is 260 g/mol. The Labute approximate surface area is 116 Å². The van der Waals surface area contributed by atoms with Gasteiger partial charge in [0, 0.05) is 23.9 Å². The highest BCUT2D eigenvalue weighted by Gasteiger charge is 2.28. The molecule has 108 valence electrons. The Kier molecular flexibility index (Phi) is 4.39. The Morgan fingerprint density at radius 3 is 2.80 bits per heavy atom. The number of amidine groups is 1. The standard InChI is InChI=1S/C13H18N4O3/c14-11(16-20)8-17(10-3-1-2-4-10)13(19)9-5-6-15-12(18)7-9/h5-7,10,20H,1-4,8H2,(H2,14,16)(H,15,18). The van der Waals surface area contributed by atoms with Gasteiger partial charge in [0.05, 0.1) is 6.54 Å². The van der Waals surface area contributed by atoms with Crippen LogP contribution in [0.1, 0.15) is 36.0 Å². The van der Waals surface area contributed by atoms with Gasteiger partial charge in [0.2, 0.25) is 5.56 Å². The number of H-pyrrole nitrogens is 1. The summed E-state index contributed by atoms with van der Waals surface area (Å²) in [7, 11) is 0. The molecule has 1 aromatic heterocycles. The van der Waals surface area contributed by atoms with Crippen molar-refractivity contribution in [1.82, 2.24) is 9.88 Å². The molecule has 0 aromatic carbocycles. The first-order valence-corrected chi connectivity index (χ1v) is 6.58. The zero-order chi connectivity index (χ0) is 14.5. The molecular formula is C13H18N4O3. The average Bonchev–Trinajstić information content (AvgIpc) is 2.97. The summed E-state index contributed by atoms with van der Waals surface area (Å²) in [6.45, 7) is 0.0623. The maximum absolute atomic E-state index is 12.5. The summed E-state index contributed by atoms with van der Waals surface area (Å²) in [5.41, 5.74) is 5.51. The van der Waals surface area contributed by atoms with Crippen LogP contribution in [0.2, 0.25) is 0 Å². The van der Waals surface area contributed by atoms with Crippen LogP contribution in [0.25, 0.3) is 0 Å². The van der Waals surface area contributed by atoms with Crippen LogP contribution in [0.4, 0.5) is 0 Å². The smallest absolute Gasteiger partial charge is 0.254 e. The van der Waals surface area contributed by atoms with Gasteiger partial charge in [-0.1, -0.05) is 18.0 Å². The minimum absolute atomic E-state index is 0.0184. The van der Waals surface area contributed by atoms with E-state index in [2.05, 4.69) is 10.1 Å². The first-order valence-electron chi connectivity index (χ1n) is 6.58. The number of amides is 1. The number of carbonyl (C=O) groups is 1. The lowest BCUT2D eigenvalue weighted by Gasteiger charge is -2.28. The molecule has 20 heavy (non-hydrogen) atoms. The van der Waals surface area contributed by atoms with Gasteiger partial charge in [-0.15, -0.1) is 0 Å². The molecule has 0 saturated heterocycles. The molecule has 1 heterocycles. The summed E-state index contributed by atoms with van der Waals surface area (Å²) in [6, 6.07) is 2.89. The average molecular weight is 278 g/mol. The van der Waals surface area contributed by atoms with Crippen molar-refractivity contribution in [3.05, 3.63) is 34.2 Å². The van der Waals surface area contributed by atoms with E-state index in [9.17, 15) is 9.59 Å². The predicted molar refractivity (Wildman–Crippen MR) is 73.8 cm³/mol. The third kappa shape index (κ3) is 3.17. The minimum Gasteiger partial charge on any atom is -0.409 e. The predicted octanol–water partition coefficient (Wildman–Crippen LogP) is 0.506. The van der Waals surface area contributed by atoms with Crippen molar-refractivity contribution in [3.63, 3.8) is 0 Å². The highest BCUT2D eigenvalue weighted by molar-refractivity contribution is 5.97. The van der Waals surface area contributed by atoms with Crippen LogP contribution in [-0.2, 0) is 0 Å². The number of carbonyl (C=O) groups excluding carboxylic acids is 1. The summed E-state index contributed by atoms with van der Waals surface area (Å²) in [6.07, 6.45) is 5.34. The Bertz CT molecular complexity index is 561. The Balaban J connectivity index is 2.25. The Morgan fingerprint density at radius 2 is 2.20 bits per heavy atom. The first-order chi connectivity index (χ1) is 9.61. The van der Waals surface area contributed by atoms with Gasteiger partial charge >= 0.3 is 0 Å². The second-order valence-electron chi connectivity index (χ2n) is 4.90. The number of nitrogens with one attached hydrogen (secondary N) is 1. The molecule has 0 aliphatic heterocycles. The van der Waals surface area contributed by atoms with Crippen LogP contribution in [0.5, 0.6) is 0 Å². The number of nitrogens with two attached hydrogens (primary N) is 1. The van der Waals surface area contributed by atoms with Gasteiger partial charge in [0.15, 0.2) is 5.84 Å². The summed E-state index contributed by atoms with van der Waals surface area (Å²) in [5, 5.41) is 11.6. The number of hydrogen-bond donors (Lipinski definition) is 3. The molecule has 1 amide bonds. The molecule has 0 atom stereocenters. The fraction of sp³-hybridized carbons (Fsp3) is 0.462. The minimum atomic E-state index is -0.328. The van der Waals surface area contributed by atoms with Crippen molar-refractivity contribution in [2.24, 2.45) is 10.9 Å². The highest BCUT2D eigenvalue weighted by Crippen LogP contribution is 2.24. The molecule has 0 radical (unpaired) electrons. The summed E-state index contributed by atoms with van der Waals surface area (Å²) < 4.78 is 0. The van der Waals surface area contributed by atoms with Crippen LogP contribution >= 0.6 is 0 Å². The monoisotopic (exact) mass is 278 g/mol. The van der Waals surface area contributed by atoms with E-state index in [0.717, 1.165) is 25.7 Å². The SMILES string of the molecule is N/C(CN(C(=O)c1cc[nH]c(=O)c1)C1CCCC1)=N/O. The second kappa shape index (κ2) is 6.23. The van der Waals surface area contributed by atoms with E-state index in [1.54, 1.807) is 11.0 Å². The normalized spacial score (nSPS) is 16.3. The maximum atomic E-state index is 12.5. The van der Waals surface area contributed by atoms with Gasteiger partial charge in [-0.2, -0.15) is 0 Å². The molecule has 0 spiro atoms. The van der Waals surface area contributed by atoms with Gasteiger partial charge in [-0.05, 0) is 18.9 Å². The molecule has 0 bridgehead atoms. The molecule has 1 aromatic rings. The molecule has 4 N–H and O–H groups in total. The lowest BCUT2D eigenvalue weighted by molar-refractivity contribution is 0.0712. The topological polar surface area (TPSA) is 112 Å². The van der Waals surface area contributed by atoms with Gasteiger partial charge in [0.1, 0.15) is 0 Å². The maximum Gasteiger partial charge on any atom is 0.254 e. The van der Waals surface area contributed by atoms with E-state index in [0.29, 0.717) is 5.56 Å². The molecule has 1 saturated carbocycles. The van der Waals surface area contributed by atoms with E-state index < -0.39 is 0 Å². The second-order valence-corrected chi connectivity index (χ2v) is 4.90. The summed E-state index contributed by atoms with van der Waals surface area (Å²) in [4.78, 5) is 27.9. The van der Waals surface area contributed by atoms with Crippen LogP contribution in [0, 0.1) is 0 Å². The van der Waals surface area contributed by atoms with Crippen molar-refractivity contribution in [3.8, 4) is 0 Å². The van der Waals surface area contributed by atoms with E-state index in [4.69, 9.17) is 10.9 Å². The van der Waals surface area contributed by atoms with Gasteiger partial charge in [-0.25, -0.2) is 0 Å². The molecule has 7 heteroatoms. The van der Waals surface area contributed by atoms with Gasteiger partial charge < -0.3 is 20.8 Å². The van der Waals surface area contributed by atoms with E-state index >= 15 is 0 Å². The number of nitrogens with zero attached hydrogens (tertiary/aromatic N) is 2. The molecule has 2 rings (SSSR count). The largest absolute Gasteiger partial charge is 0.409 e. The molecule has 1 fully saturated rings. The fourth-order valence-electron chi connectivity index (χ4n) is 2.53. The quantitative estimate of drug-likeness (QED) is 0.322. The number of pyridine rings is 1. The van der Waals surface area contributed by atoms with Crippen LogP contribution in [0.3, 0.4) is 0 Å². The Hall–Kier alpha value is -2.31. The van der Waals surface area contributed by atoms with E-state index in [-0.39, 0.29) is 29.9 Å². The lowest BCUT2D eigenvalue weighted by Crippen LogP contribution is -2.44. The number of rotatable bonds is 4.